The lowest BCUT2D eigenvalue weighted by atomic mass is 9.78. The Hall–Kier alpha value is -2.15. The van der Waals surface area contributed by atoms with Crippen molar-refractivity contribution in [3.63, 3.8) is 0 Å². The zero-order valence-corrected chi connectivity index (χ0v) is 16.3. The molecule has 1 aromatic rings. The Kier molecular flexibility index (Phi) is 6.31. The van der Waals surface area contributed by atoms with Gasteiger partial charge in [-0.25, -0.2) is 0 Å². The number of nitro groups is 1. The highest BCUT2D eigenvalue weighted by molar-refractivity contribution is 5.77. The molecule has 7 nitrogen and oxygen atoms in total. The Morgan fingerprint density at radius 1 is 1.22 bits per heavy atom. The zero-order valence-electron chi connectivity index (χ0n) is 16.3. The number of amides is 1. The molecule has 7 heteroatoms. The molecule has 0 spiro atoms. The van der Waals surface area contributed by atoms with E-state index in [9.17, 15) is 14.9 Å². The maximum Gasteiger partial charge on any atom is 0.275 e. The summed E-state index contributed by atoms with van der Waals surface area (Å²) in [5, 5.41) is 14.0. The highest BCUT2D eigenvalue weighted by Crippen LogP contribution is 2.29. The summed E-state index contributed by atoms with van der Waals surface area (Å²) in [6, 6.07) is 7.04. The molecule has 1 heterocycles. The van der Waals surface area contributed by atoms with Crippen LogP contribution in [0.4, 0.5) is 11.4 Å². The zero-order chi connectivity index (χ0) is 19.4. The van der Waals surface area contributed by atoms with Gasteiger partial charge in [-0.3, -0.25) is 14.9 Å². The largest absolute Gasteiger partial charge is 0.360 e. The Morgan fingerprint density at radius 3 is 2.52 bits per heavy atom. The van der Waals surface area contributed by atoms with E-state index in [4.69, 9.17) is 0 Å². The Balaban J connectivity index is 1.45. The molecular formula is C20H31N4O3+. The van der Waals surface area contributed by atoms with Crippen LogP contribution in [0.25, 0.3) is 0 Å². The summed E-state index contributed by atoms with van der Waals surface area (Å²) in [7, 11) is 0. The third-order valence-corrected chi connectivity index (χ3v) is 6.36. The fourth-order valence-electron chi connectivity index (χ4n) is 4.31. The lowest BCUT2D eigenvalue weighted by molar-refractivity contribution is -0.892. The maximum absolute atomic E-state index is 12.5. The van der Waals surface area contributed by atoms with E-state index in [0.717, 1.165) is 38.3 Å². The normalized spacial score (nSPS) is 26.6. The topological polar surface area (TPSA) is 79.9 Å². The molecule has 0 aromatic heterocycles. The number of hydrogen-bond donors (Lipinski definition) is 2. The summed E-state index contributed by atoms with van der Waals surface area (Å²) in [6.45, 7) is 8.60. The van der Waals surface area contributed by atoms with Gasteiger partial charge in [-0.15, -0.1) is 0 Å². The molecule has 148 valence electrons. The predicted octanol–water partition coefficient (Wildman–Crippen LogP) is 1.24. The van der Waals surface area contributed by atoms with Crippen molar-refractivity contribution in [2.45, 2.75) is 39.2 Å². The van der Waals surface area contributed by atoms with Gasteiger partial charge in [-0.05, 0) is 30.4 Å². The number of non-ortho nitro benzene ring substituents is 1. The molecule has 1 saturated carbocycles. The molecule has 0 unspecified atom stereocenters. The SMILES string of the molecule is C[C@H]1[C@@H](NC(=O)C[NH+]2CCN(c3ccc([N+](=O)[O-])cc3)CC2)CCC[C@@H]1C. The van der Waals surface area contributed by atoms with Crippen LogP contribution in [0.15, 0.2) is 24.3 Å². The average molecular weight is 375 g/mol. The second kappa shape index (κ2) is 8.69. The van der Waals surface area contributed by atoms with Crippen LogP contribution in [0.3, 0.4) is 0 Å². The van der Waals surface area contributed by atoms with Gasteiger partial charge in [0, 0.05) is 23.9 Å². The summed E-state index contributed by atoms with van der Waals surface area (Å²) in [6.07, 6.45) is 3.57. The molecular weight excluding hydrogens is 344 g/mol. The van der Waals surface area contributed by atoms with E-state index < -0.39 is 0 Å². The first-order valence-corrected chi connectivity index (χ1v) is 10.1. The van der Waals surface area contributed by atoms with Crippen molar-refractivity contribution in [3.8, 4) is 0 Å². The number of benzene rings is 1. The van der Waals surface area contributed by atoms with Crippen molar-refractivity contribution < 1.29 is 14.6 Å². The molecule has 2 N–H and O–H groups in total. The van der Waals surface area contributed by atoms with Crippen LogP contribution in [-0.2, 0) is 4.79 Å². The van der Waals surface area contributed by atoms with Crippen molar-refractivity contribution in [2.75, 3.05) is 37.6 Å². The fourth-order valence-corrected chi connectivity index (χ4v) is 4.31. The molecule has 0 radical (unpaired) electrons. The van der Waals surface area contributed by atoms with Crippen molar-refractivity contribution in [3.05, 3.63) is 34.4 Å². The molecule has 1 aromatic carbocycles. The first-order chi connectivity index (χ1) is 12.9. The second-order valence-electron chi connectivity index (χ2n) is 8.13. The summed E-state index contributed by atoms with van der Waals surface area (Å²) >= 11 is 0. The van der Waals surface area contributed by atoms with Crippen molar-refractivity contribution in [1.82, 2.24) is 5.32 Å². The number of nitrogens with zero attached hydrogens (tertiary/aromatic N) is 2. The smallest absolute Gasteiger partial charge is 0.275 e. The quantitative estimate of drug-likeness (QED) is 0.599. The maximum atomic E-state index is 12.5. The third-order valence-electron chi connectivity index (χ3n) is 6.36. The van der Waals surface area contributed by atoms with E-state index in [1.807, 2.05) is 12.1 Å². The van der Waals surface area contributed by atoms with Gasteiger partial charge in [0.1, 0.15) is 0 Å². The van der Waals surface area contributed by atoms with Gasteiger partial charge >= 0.3 is 0 Å². The lowest BCUT2D eigenvalue weighted by Gasteiger charge is -2.36. The predicted molar refractivity (Wildman–Crippen MR) is 105 cm³/mol. The molecule has 0 bridgehead atoms. The van der Waals surface area contributed by atoms with Gasteiger partial charge in [0.2, 0.25) is 0 Å². The van der Waals surface area contributed by atoms with Gasteiger partial charge in [-0.2, -0.15) is 0 Å². The highest BCUT2D eigenvalue weighted by atomic mass is 16.6. The minimum Gasteiger partial charge on any atom is -0.360 e. The van der Waals surface area contributed by atoms with E-state index in [-0.39, 0.29) is 16.5 Å². The number of rotatable bonds is 5. The fraction of sp³-hybridized carbons (Fsp3) is 0.650. The lowest BCUT2D eigenvalue weighted by Crippen LogP contribution is -3.16. The molecule has 3 rings (SSSR count). The molecule has 1 amide bonds. The van der Waals surface area contributed by atoms with Gasteiger partial charge < -0.3 is 15.1 Å². The molecule has 27 heavy (non-hydrogen) atoms. The van der Waals surface area contributed by atoms with Crippen LogP contribution in [-0.4, -0.2) is 49.6 Å². The number of piperazine rings is 1. The van der Waals surface area contributed by atoms with E-state index in [1.54, 1.807) is 12.1 Å². The highest BCUT2D eigenvalue weighted by Gasteiger charge is 2.29. The summed E-state index contributed by atoms with van der Waals surface area (Å²) < 4.78 is 0. The van der Waals surface area contributed by atoms with Crippen LogP contribution in [0.5, 0.6) is 0 Å². The summed E-state index contributed by atoms with van der Waals surface area (Å²) in [5.74, 6) is 1.40. The van der Waals surface area contributed by atoms with E-state index >= 15 is 0 Å². The monoisotopic (exact) mass is 375 g/mol. The molecule has 2 aliphatic rings. The summed E-state index contributed by atoms with van der Waals surface area (Å²) in [4.78, 5) is 26.4. The average Bonchev–Trinajstić information content (AvgIpc) is 2.66. The van der Waals surface area contributed by atoms with Gasteiger partial charge in [-0.1, -0.05) is 26.7 Å². The number of nitro benzene ring substituents is 1. The first kappa shape index (κ1) is 19.6. The van der Waals surface area contributed by atoms with Crippen molar-refractivity contribution in [2.24, 2.45) is 11.8 Å². The second-order valence-corrected chi connectivity index (χ2v) is 8.13. The minimum absolute atomic E-state index is 0.117. The Morgan fingerprint density at radius 2 is 1.89 bits per heavy atom. The number of quaternary nitrogens is 1. The minimum atomic E-state index is -0.377. The first-order valence-electron chi connectivity index (χ1n) is 10.1. The molecule has 1 aliphatic carbocycles. The van der Waals surface area contributed by atoms with Crippen LogP contribution in [0.1, 0.15) is 33.1 Å². The number of nitrogens with one attached hydrogen (secondary N) is 2. The summed E-state index contributed by atoms with van der Waals surface area (Å²) in [5.41, 5.74) is 1.13. The van der Waals surface area contributed by atoms with Crippen molar-refractivity contribution >= 4 is 17.3 Å². The molecule has 1 aliphatic heterocycles. The van der Waals surface area contributed by atoms with E-state index in [2.05, 4.69) is 24.1 Å². The number of carbonyl (C=O) groups is 1. The van der Waals surface area contributed by atoms with E-state index in [0.29, 0.717) is 24.4 Å². The standard InChI is InChI=1S/C20H30N4O3/c1-15-4-3-5-19(16(15)2)21-20(25)14-22-10-12-23(13-11-22)17-6-8-18(9-7-17)24(26)27/h6-9,15-16,19H,3-5,10-14H2,1-2H3,(H,21,25)/p+1/t15-,16+,19-/m0/s1. The third kappa shape index (κ3) is 4.97. The Labute approximate surface area is 160 Å². The molecule has 3 atom stereocenters. The van der Waals surface area contributed by atoms with Crippen LogP contribution in [0, 0.1) is 22.0 Å². The van der Waals surface area contributed by atoms with Crippen LogP contribution in [0.2, 0.25) is 0 Å². The van der Waals surface area contributed by atoms with E-state index in [1.165, 1.54) is 17.7 Å². The number of anilines is 1. The van der Waals surface area contributed by atoms with Gasteiger partial charge in [0.15, 0.2) is 6.54 Å². The number of carbonyl (C=O) groups excluding carboxylic acids is 1. The Bertz CT molecular complexity index is 656. The van der Waals surface area contributed by atoms with Crippen molar-refractivity contribution in [1.29, 1.82) is 0 Å². The number of hydrogen-bond acceptors (Lipinski definition) is 4. The van der Waals surface area contributed by atoms with Crippen LogP contribution < -0.4 is 15.1 Å². The van der Waals surface area contributed by atoms with Gasteiger partial charge in [0.25, 0.3) is 11.6 Å². The van der Waals surface area contributed by atoms with Gasteiger partial charge in [0.05, 0.1) is 31.1 Å². The molecule has 1 saturated heterocycles. The molecule has 2 fully saturated rings. The van der Waals surface area contributed by atoms with Crippen LogP contribution >= 0.6 is 0 Å².